The van der Waals surface area contributed by atoms with Gasteiger partial charge >= 0.3 is 0 Å². The lowest BCUT2D eigenvalue weighted by molar-refractivity contribution is -0.121. The van der Waals surface area contributed by atoms with Crippen LogP contribution >= 0.6 is 0 Å². The molecule has 1 aromatic carbocycles. The van der Waals surface area contributed by atoms with Crippen LogP contribution in [-0.2, 0) is 10.2 Å². The van der Waals surface area contributed by atoms with Crippen molar-refractivity contribution in [3.05, 3.63) is 35.4 Å². The lowest BCUT2D eigenvalue weighted by Gasteiger charge is -2.20. The fourth-order valence-corrected chi connectivity index (χ4v) is 3.49. The first-order valence-electron chi connectivity index (χ1n) is 10.9. The molecule has 1 aromatic rings. The molecular weight excluding hydrogens is 364 g/mol. The second-order valence-electron chi connectivity index (χ2n) is 8.83. The number of amides is 1. The summed E-state index contributed by atoms with van der Waals surface area (Å²) in [6, 6.07) is 8.41. The molecule has 4 N–H and O–H groups in total. The number of nitrogens with one attached hydrogen (secondary N) is 3. The van der Waals surface area contributed by atoms with E-state index in [1.54, 1.807) is 0 Å². The minimum absolute atomic E-state index is 0.0826. The highest BCUT2D eigenvalue weighted by Gasteiger charge is 2.17. The molecule has 0 radical (unpaired) electrons. The van der Waals surface area contributed by atoms with Gasteiger partial charge in [-0.25, -0.2) is 0 Å². The third-order valence-electron chi connectivity index (χ3n) is 5.29. The summed E-state index contributed by atoms with van der Waals surface area (Å²) in [4.78, 5) is 16.5. The fourth-order valence-electron chi connectivity index (χ4n) is 3.49. The SMILES string of the molecule is CCNC(=NCC(O)c1ccc(C(C)(C)C)cc1)NCCC(=O)NC1CCCC1. The van der Waals surface area contributed by atoms with Gasteiger partial charge in [0.25, 0.3) is 0 Å². The molecule has 1 saturated carbocycles. The molecule has 1 amide bonds. The largest absolute Gasteiger partial charge is 0.386 e. The molecule has 1 aliphatic carbocycles. The van der Waals surface area contributed by atoms with E-state index in [0.717, 1.165) is 24.9 Å². The first-order valence-corrected chi connectivity index (χ1v) is 10.9. The van der Waals surface area contributed by atoms with Crippen molar-refractivity contribution in [1.29, 1.82) is 0 Å². The van der Waals surface area contributed by atoms with Crippen LogP contribution in [-0.4, -0.2) is 42.6 Å². The Balaban J connectivity index is 1.81. The van der Waals surface area contributed by atoms with Gasteiger partial charge in [0.05, 0.1) is 12.6 Å². The Morgan fingerprint density at radius 3 is 2.41 bits per heavy atom. The van der Waals surface area contributed by atoms with E-state index in [4.69, 9.17) is 0 Å². The van der Waals surface area contributed by atoms with Crippen LogP contribution in [0.5, 0.6) is 0 Å². The topological polar surface area (TPSA) is 85.8 Å². The molecule has 1 aliphatic rings. The van der Waals surface area contributed by atoms with Crippen molar-refractivity contribution >= 4 is 11.9 Å². The van der Waals surface area contributed by atoms with Crippen LogP contribution in [0.15, 0.2) is 29.3 Å². The van der Waals surface area contributed by atoms with Crippen molar-refractivity contribution in [3.63, 3.8) is 0 Å². The number of carbonyl (C=O) groups is 1. The Labute approximate surface area is 175 Å². The summed E-state index contributed by atoms with van der Waals surface area (Å²) in [6.45, 7) is 10.0. The number of carbonyl (C=O) groups excluding carboxylic acids is 1. The van der Waals surface area contributed by atoms with Gasteiger partial charge in [0.15, 0.2) is 5.96 Å². The van der Waals surface area contributed by atoms with Crippen LogP contribution in [0.4, 0.5) is 0 Å². The van der Waals surface area contributed by atoms with Gasteiger partial charge in [-0.3, -0.25) is 9.79 Å². The molecule has 1 atom stereocenters. The van der Waals surface area contributed by atoms with Gasteiger partial charge in [-0.15, -0.1) is 0 Å². The summed E-state index contributed by atoms with van der Waals surface area (Å²) in [5.41, 5.74) is 2.18. The summed E-state index contributed by atoms with van der Waals surface area (Å²) in [6.07, 6.45) is 4.36. The van der Waals surface area contributed by atoms with Crippen LogP contribution in [0.25, 0.3) is 0 Å². The van der Waals surface area contributed by atoms with E-state index < -0.39 is 6.10 Å². The molecule has 6 nitrogen and oxygen atoms in total. The number of rotatable bonds is 8. The second-order valence-corrected chi connectivity index (χ2v) is 8.83. The van der Waals surface area contributed by atoms with Crippen LogP contribution < -0.4 is 16.0 Å². The zero-order chi connectivity index (χ0) is 21.3. The quantitative estimate of drug-likeness (QED) is 0.398. The normalized spacial score (nSPS) is 16.5. The van der Waals surface area contributed by atoms with Crippen LogP contribution in [0.3, 0.4) is 0 Å². The van der Waals surface area contributed by atoms with E-state index >= 15 is 0 Å². The highest BCUT2D eigenvalue weighted by molar-refractivity contribution is 5.81. The highest BCUT2D eigenvalue weighted by atomic mass is 16.3. The Bertz CT molecular complexity index is 658. The summed E-state index contributed by atoms with van der Waals surface area (Å²) >= 11 is 0. The third-order valence-corrected chi connectivity index (χ3v) is 5.29. The van der Waals surface area contributed by atoms with Gasteiger partial charge in [0, 0.05) is 25.6 Å². The molecule has 0 aliphatic heterocycles. The molecule has 0 spiro atoms. The van der Waals surface area contributed by atoms with E-state index in [0.29, 0.717) is 25.0 Å². The van der Waals surface area contributed by atoms with Crippen molar-refractivity contribution in [1.82, 2.24) is 16.0 Å². The lowest BCUT2D eigenvalue weighted by atomic mass is 9.86. The summed E-state index contributed by atoms with van der Waals surface area (Å²) in [5.74, 6) is 0.700. The van der Waals surface area contributed by atoms with Crippen molar-refractivity contribution in [2.45, 2.75) is 77.4 Å². The monoisotopic (exact) mass is 402 g/mol. The minimum atomic E-state index is -0.662. The maximum Gasteiger partial charge on any atom is 0.221 e. The molecule has 1 unspecified atom stereocenters. The molecular formula is C23H38N4O2. The van der Waals surface area contributed by atoms with Gasteiger partial charge in [0.1, 0.15) is 0 Å². The van der Waals surface area contributed by atoms with Crippen molar-refractivity contribution in [2.75, 3.05) is 19.6 Å². The smallest absolute Gasteiger partial charge is 0.221 e. The standard InChI is InChI=1S/C23H38N4O2/c1-5-24-22(25-15-14-21(29)27-19-8-6-7-9-19)26-16-20(28)17-10-12-18(13-11-17)23(2,3)4/h10-13,19-20,28H,5-9,14-16H2,1-4H3,(H,27,29)(H2,24,25,26). The molecule has 2 rings (SSSR count). The predicted molar refractivity (Wildman–Crippen MR) is 119 cm³/mol. The molecule has 0 saturated heterocycles. The van der Waals surface area contributed by atoms with E-state index in [1.807, 2.05) is 19.1 Å². The fraction of sp³-hybridized carbons (Fsp3) is 0.652. The third kappa shape index (κ3) is 8.05. The first kappa shape index (κ1) is 23.2. The van der Waals surface area contributed by atoms with E-state index in [-0.39, 0.29) is 17.9 Å². The Morgan fingerprint density at radius 1 is 1.17 bits per heavy atom. The summed E-state index contributed by atoms with van der Waals surface area (Å²) < 4.78 is 0. The molecule has 0 aromatic heterocycles. The Morgan fingerprint density at radius 2 is 1.83 bits per heavy atom. The van der Waals surface area contributed by atoms with E-state index in [2.05, 4.69) is 53.8 Å². The molecule has 1 fully saturated rings. The van der Waals surface area contributed by atoms with Crippen LogP contribution in [0, 0.1) is 0 Å². The summed E-state index contributed by atoms with van der Waals surface area (Å²) in [7, 11) is 0. The van der Waals surface area contributed by atoms with Gasteiger partial charge in [0.2, 0.25) is 5.91 Å². The minimum Gasteiger partial charge on any atom is -0.386 e. The number of guanidine groups is 1. The Kier molecular flexibility index (Phi) is 8.96. The van der Waals surface area contributed by atoms with Crippen molar-refractivity contribution in [2.24, 2.45) is 4.99 Å². The molecule has 0 bridgehead atoms. The maximum absolute atomic E-state index is 12.0. The Hall–Kier alpha value is -2.08. The highest BCUT2D eigenvalue weighted by Crippen LogP contribution is 2.24. The van der Waals surface area contributed by atoms with Crippen molar-refractivity contribution < 1.29 is 9.90 Å². The molecule has 0 heterocycles. The second kappa shape index (κ2) is 11.2. The van der Waals surface area contributed by atoms with E-state index in [9.17, 15) is 9.90 Å². The molecule has 162 valence electrons. The average molecular weight is 403 g/mol. The zero-order valence-corrected chi connectivity index (χ0v) is 18.4. The average Bonchev–Trinajstić information content (AvgIpc) is 3.18. The van der Waals surface area contributed by atoms with Crippen LogP contribution in [0.1, 0.15) is 77.0 Å². The number of benzene rings is 1. The van der Waals surface area contributed by atoms with Gasteiger partial charge in [-0.2, -0.15) is 0 Å². The van der Waals surface area contributed by atoms with Crippen LogP contribution in [0.2, 0.25) is 0 Å². The van der Waals surface area contributed by atoms with Gasteiger partial charge in [-0.1, -0.05) is 57.9 Å². The molecule has 6 heteroatoms. The maximum atomic E-state index is 12.0. The van der Waals surface area contributed by atoms with E-state index in [1.165, 1.54) is 18.4 Å². The zero-order valence-electron chi connectivity index (χ0n) is 18.4. The first-order chi connectivity index (χ1) is 13.8. The predicted octanol–water partition coefficient (Wildman–Crippen LogP) is 3.02. The lowest BCUT2D eigenvalue weighted by Crippen LogP contribution is -2.40. The number of nitrogens with zero attached hydrogens (tertiary/aromatic N) is 1. The number of hydrogen-bond donors (Lipinski definition) is 4. The van der Waals surface area contributed by atoms with Crippen molar-refractivity contribution in [3.8, 4) is 0 Å². The van der Waals surface area contributed by atoms with Gasteiger partial charge < -0.3 is 21.1 Å². The number of aliphatic hydroxyl groups excluding tert-OH is 1. The number of aliphatic hydroxyl groups is 1. The molecule has 29 heavy (non-hydrogen) atoms. The van der Waals surface area contributed by atoms with Gasteiger partial charge in [-0.05, 0) is 36.3 Å². The number of aliphatic imine (C=N–C) groups is 1. The number of hydrogen-bond acceptors (Lipinski definition) is 3. The summed E-state index contributed by atoms with van der Waals surface area (Å²) in [5, 5.41) is 19.9.